The zero-order chi connectivity index (χ0) is 35.0. The summed E-state index contributed by atoms with van der Waals surface area (Å²) in [5, 5.41) is 49.2. The molecule has 2 N–H and O–H groups in total. The number of carboxylic acids is 4. The van der Waals surface area contributed by atoms with Crippen LogP contribution < -0.4 is 30.2 Å². The number of carbonyl (C=O) groups is 4. The Labute approximate surface area is 312 Å². The quantitative estimate of drug-likeness (QED) is 0.0790. The molecule has 18 heteroatoms. The summed E-state index contributed by atoms with van der Waals surface area (Å²) in [6.07, 6.45) is 1.67. The van der Waals surface area contributed by atoms with E-state index in [1.54, 1.807) is 60.9 Å². The number of aromatic amines is 2. The Balaban J connectivity index is 0.00000650. The first-order chi connectivity index (χ1) is 22.7. The maximum Gasteiger partial charge on any atom is 3.00 e. The van der Waals surface area contributed by atoms with E-state index in [1.807, 2.05) is 0 Å². The second kappa shape index (κ2) is 18.1. The summed E-state index contributed by atoms with van der Waals surface area (Å²) >= 11 is 0. The molecular formula is C31H32GdN5O11P-3. The first kappa shape index (κ1) is 40.2. The molecule has 1 unspecified atom stereocenters. The third-order valence-electron chi connectivity index (χ3n) is 8.05. The van der Waals surface area contributed by atoms with Gasteiger partial charge < -0.3 is 63.9 Å². The number of carbonyl (C=O) groups excluding carboxylic acids is 4. The number of carboxylic acid groups (broad SMARTS) is 4. The molecule has 1 radical (unpaired) electrons. The molecule has 0 bridgehead atoms. The van der Waals surface area contributed by atoms with Gasteiger partial charge in [-0.3, -0.25) is 14.7 Å². The van der Waals surface area contributed by atoms with Gasteiger partial charge in [0.2, 0.25) is 0 Å². The minimum Gasteiger partial charge on any atom is -0.810 e. The van der Waals surface area contributed by atoms with Gasteiger partial charge in [-0.2, -0.15) is 0 Å². The van der Waals surface area contributed by atoms with Crippen molar-refractivity contribution in [1.29, 1.82) is 0 Å². The first-order valence-corrected chi connectivity index (χ1v) is 16.6. The van der Waals surface area contributed by atoms with Crippen LogP contribution in [-0.2, 0) is 36.6 Å². The van der Waals surface area contributed by atoms with E-state index in [-0.39, 0.29) is 65.9 Å². The second-order valence-electron chi connectivity index (χ2n) is 11.4. The summed E-state index contributed by atoms with van der Waals surface area (Å²) < 4.78 is 11.8. The summed E-state index contributed by atoms with van der Waals surface area (Å²) in [5.74, 6) is -6.47. The predicted octanol–water partition coefficient (Wildman–Crippen LogP) is -5.05. The molecule has 2 aromatic carbocycles. The van der Waals surface area contributed by atoms with E-state index in [1.165, 1.54) is 0 Å². The SMILES string of the molecule is O=C([O-])CN(CCN(CCN(CC(=O)[O-])[C@@H](Cc1c[nH]c2ccccc12)C(=O)[O-])CP(=O)([O-])[O-])C(Cc1c[nH]c2ccccc12)C(=O)[O-].[Gd+3]. The number of nitrogens with zero attached hydrogens (tertiary/aromatic N) is 3. The third kappa shape index (κ3) is 11.7. The zero-order valence-corrected chi connectivity index (χ0v) is 29.1. The number of H-pyrrole nitrogens is 2. The maximum atomic E-state index is 12.3. The smallest absolute Gasteiger partial charge is 0.810 e. The number of aromatic nitrogens is 2. The van der Waals surface area contributed by atoms with Crippen molar-refractivity contribution in [1.82, 2.24) is 24.7 Å². The Bertz CT molecular complexity index is 1690. The fourth-order valence-electron chi connectivity index (χ4n) is 5.80. The van der Waals surface area contributed by atoms with Crippen molar-refractivity contribution in [2.75, 3.05) is 45.6 Å². The molecule has 2 atom stereocenters. The van der Waals surface area contributed by atoms with Crippen LogP contribution in [0.2, 0.25) is 0 Å². The Morgan fingerprint density at radius 2 is 1.04 bits per heavy atom. The van der Waals surface area contributed by atoms with E-state index < -0.39 is 76.0 Å². The van der Waals surface area contributed by atoms with Crippen LogP contribution in [0.15, 0.2) is 60.9 Å². The number of nitrogens with one attached hydrogen (secondary N) is 2. The molecule has 0 aliphatic heterocycles. The predicted molar refractivity (Wildman–Crippen MR) is 159 cm³/mol. The number of aliphatic carboxylic acids is 4. The molecule has 0 saturated carbocycles. The fraction of sp³-hybridized carbons (Fsp3) is 0.355. The van der Waals surface area contributed by atoms with Gasteiger partial charge in [0.25, 0.3) is 0 Å². The van der Waals surface area contributed by atoms with Gasteiger partial charge in [0.15, 0.2) is 0 Å². The molecule has 0 aliphatic rings. The van der Waals surface area contributed by atoms with Crippen LogP contribution >= 0.6 is 7.60 Å². The van der Waals surface area contributed by atoms with Gasteiger partial charge >= 0.3 is 39.9 Å². The van der Waals surface area contributed by atoms with E-state index in [0.29, 0.717) is 32.9 Å². The minimum atomic E-state index is -5.26. The summed E-state index contributed by atoms with van der Waals surface area (Å²) in [4.78, 5) is 80.5. The molecule has 263 valence electrons. The first-order valence-electron chi connectivity index (χ1n) is 14.8. The van der Waals surface area contributed by atoms with E-state index in [0.717, 1.165) is 14.7 Å². The Morgan fingerprint density at radius 1 is 0.653 bits per heavy atom. The van der Waals surface area contributed by atoms with Gasteiger partial charge in [-0.1, -0.05) is 44.0 Å². The summed E-state index contributed by atoms with van der Waals surface area (Å²) in [6.45, 7) is -3.30. The summed E-state index contributed by atoms with van der Waals surface area (Å²) in [7, 11) is -5.26. The molecule has 4 aromatic rings. The molecule has 2 aromatic heterocycles. The van der Waals surface area contributed by atoms with E-state index in [9.17, 15) is 54.0 Å². The van der Waals surface area contributed by atoms with Crippen molar-refractivity contribution in [2.45, 2.75) is 24.9 Å². The maximum absolute atomic E-state index is 12.3. The number of benzene rings is 2. The molecule has 0 spiro atoms. The summed E-state index contributed by atoms with van der Waals surface area (Å²) in [5.41, 5.74) is 2.52. The van der Waals surface area contributed by atoms with Gasteiger partial charge in [0.1, 0.15) is 0 Å². The van der Waals surface area contributed by atoms with Crippen LogP contribution in [0.25, 0.3) is 21.8 Å². The van der Waals surface area contributed by atoms with E-state index in [2.05, 4.69) is 9.97 Å². The Morgan fingerprint density at radius 3 is 1.39 bits per heavy atom. The molecule has 4 rings (SSSR count). The van der Waals surface area contributed by atoms with Crippen molar-refractivity contribution in [3.8, 4) is 0 Å². The van der Waals surface area contributed by atoms with Gasteiger partial charge in [-0.25, -0.2) is 0 Å². The van der Waals surface area contributed by atoms with Crippen LogP contribution in [-0.4, -0.2) is 106 Å². The molecule has 0 amide bonds. The standard InChI is InChI=1S/C31H38N5O11P.Gd/c37-28(38)17-35(26(30(41)42)13-20-15-32-24-7-3-1-5-22(20)24)11-9-34(19-48(45,46)47)10-12-36(18-29(39)40)27(31(43)44)14-21-16-33-25-8-4-2-6-23(21)25;/h1-8,15-16,26-27,32-33H,9-14,17-19H2,(H,37,38)(H,39,40)(H,41,42)(H,43,44)(H2,45,46,47);/q;+3/p-6/t26-,27?;/m0./s1. The van der Waals surface area contributed by atoms with Crippen LogP contribution in [0.5, 0.6) is 0 Å². The normalized spacial score (nSPS) is 13.2. The number of para-hydroxylation sites is 2. The minimum absolute atomic E-state index is 0. The average molecular weight is 839 g/mol. The molecule has 16 nitrogen and oxygen atoms in total. The molecular weight excluding hydrogens is 807 g/mol. The van der Waals surface area contributed by atoms with Crippen LogP contribution in [0.1, 0.15) is 11.1 Å². The molecule has 0 saturated heterocycles. The topological polar surface area (TPSA) is 265 Å². The average Bonchev–Trinajstić information content (AvgIpc) is 3.61. The number of rotatable bonds is 20. The fourth-order valence-corrected chi connectivity index (χ4v) is 6.57. The molecule has 0 aliphatic carbocycles. The Kier molecular flexibility index (Phi) is 14.9. The van der Waals surface area contributed by atoms with Gasteiger partial charge in [-0.05, 0) is 36.1 Å². The monoisotopic (exact) mass is 839 g/mol. The van der Waals surface area contributed by atoms with Crippen molar-refractivity contribution >= 4 is 53.3 Å². The van der Waals surface area contributed by atoms with Gasteiger partial charge in [-0.15, -0.1) is 0 Å². The third-order valence-corrected chi connectivity index (χ3v) is 8.79. The van der Waals surface area contributed by atoms with Gasteiger partial charge in [0, 0.05) is 79.8 Å². The summed E-state index contributed by atoms with van der Waals surface area (Å²) in [6, 6.07) is 11.0. The van der Waals surface area contributed by atoms with Crippen LogP contribution in [0.3, 0.4) is 0 Å². The number of fused-ring (bicyclic) bond motifs is 2. The van der Waals surface area contributed by atoms with Crippen molar-refractivity contribution in [3.05, 3.63) is 72.1 Å². The van der Waals surface area contributed by atoms with Crippen molar-refractivity contribution in [2.24, 2.45) is 0 Å². The largest absolute Gasteiger partial charge is 3.00 e. The number of hydrogen-bond donors (Lipinski definition) is 2. The van der Waals surface area contributed by atoms with Crippen molar-refractivity contribution < 1.29 is 93.9 Å². The molecule has 0 fully saturated rings. The molecule has 2 heterocycles. The van der Waals surface area contributed by atoms with Crippen LogP contribution in [0, 0.1) is 39.9 Å². The van der Waals surface area contributed by atoms with Gasteiger partial charge in [0.05, 0.1) is 36.0 Å². The van der Waals surface area contributed by atoms with Crippen LogP contribution in [0.4, 0.5) is 0 Å². The molecule has 49 heavy (non-hydrogen) atoms. The van der Waals surface area contributed by atoms with E-state index in [4.69, 9.17) is 0 Å². The van der Waals surface area contributed by atoms with E-state index >= 15 is 0 Å². The zero-order valence-electron chi connectivity index (χ0n) is 25.9. The number of hydrogen-bond acceptors (Lipinski definition) is 14. The van der Waals surface area contributed by atoms with Crippen molar-refractivity contribution in [3.63, 3.8) is 0 Å². The second-order valence-corrected chi connectivity index (χ2v) is 12.9. The Hall–Kier alpha value is -3.25.